The summed E-state index contributed by atoms with van der Waals surface area (Å²) in [5, 5.41) is 11.7. The first-order valence-electron chi connectivity index (χ1n) is 7.36. The number of carbonyl (C=O) groups excluding carboxylic acids is 1. The Morgan fingerprint density at radius 3 is 2.42 bits per heavy atom. The third-order valence-corrected chi connectivity index (χ3v) is 5.31. The Bertz CT molecular complexity index is 747. The monoisotopic (exact) mass is 351 g/mol. The van der Waals surface area contributed by atoms with Gasteiger partial charge in [-0.2, -0.15) is 9.57 Å². The van der Waals surface area contributed by atoms with Gasteiger partial charge in [0, 0.05) is 25.0 Å². The molecule has 130 valence electrons. The van der Waals surface area contributed by atoms with Crippen molar-refractivity contribution in [2.45, 2.75) is 31.7 Å². The molecule has 0 saturated carbocycles. The number of nitrogens with one attached hydrogen (secondary N) is 1. The van der Waals surface area contributed by atoms with Crippen LogP contribution in [0.2, 0.25) is 0 Å². The molecule has 0 saturated heterocycles. The van der Waals surface area contributed by atoms with Crippen LogP contribution in [-0.4, -0.2) is 38.4 Å². The number of rotatable bonds is 7. The van der Waals surface area contributed by atoms with Gasteiger partial charge in [-0.1, -0.05) is 0 Å². The molecule has 0 fully saturated rings. The molecule has 0 spiro atoms. The fourth-order valence-corrected chi connectivity index (χ4v) is 3.04. The van der Waals surface area contributed by atoms with Gasteiger partial charge in [0.25, 0.3) is 0 Å². The van der Waals surface area contributed by atoms with Crippen LogP contribution in [0.5, 0.6) is 0 Å². The maximum Gasteiger partial charge on any atom is 0.350 e. The molecule has 0 heterocycles. The molecular formula is C16H21N3O4S. The van der Waals surface area contributed by atoms with E-state index in [-0.39, 0.29) is 23.1 Å². The van der Waals surface area contributed by atoms with E-state index in [1.165, 1.54) is 29.7 Å². The summed E-state index contributed by atoms with van der Waals surface area (Å²) in [5.74, 6) is -0.717. The number of nitrogens with zero attached hydrogens (tertiary/aromatic N) is 2. The van der Waals surface area contributed by atoms with E-state index in [9.17, 15) is 13.2 Å². The highest BCUT2D eigenvalue weighted by atomic mass is 32.2. The predicted molar refractivity (Wildman–Crippen MR) is 90.5 cm³/mol. The van der Waals surface area contributed by atoms with Crippen LogP contribution in [0.3, 0.4) is 0 Å². The van der Waals surface area contributed by atoms with Gasteiger partial charge < -0.3 is 10.1 Å². The first-order chi connectivity index (χ1) is 11.2. The number of ether oxygens (including phenoxy) is 1. The molecule has 0 unspecified atom stereocenters. The maximum absolute atomic E-state index is 12.3. The second-order valence-corrected chi connectivity index (χ2v) is 7.17. The summed E-state index contributed by atoms with van der Waals surface area (Å²) in [6.45, 7) is 5.40. The second kappa shape index (κ2) is 8.47. The molecule has 8 heteroatoms. The number of hydrogen-bond acceptors (Lipinski definition) is 6. The van der Waals surface area contributed by atoms with Crippen molar-refractivity contribution in [3.05, 3.63) is 36.0 Å². The summed E-state index contributed by atoms with van der Waals surface area (Å²) < 4.78 is 30.7. The molecule has 7 nitrogen and oxygen atoms in total. The Hall–Kier alpha value is -2.37. The van der Waals surface area contributed by atoms with Gasteiger partial charge in [0.1, 0.15) is 6.07 Å². The zero-order valence-corrected chi connectivity index (χ0v) is 14.9. The van der Waals surface area contributed by atoms with Crippen LogP contribution in [0.1, 0.15) is 20.8 Å². The summed E-state index contributed by atoms with van der Waals surface area (Å²) in [4.78, 5) is 11.6. The molecule has 0 aliphatic carbocycles. The summed E-state index contributed by atoms with van der Waals surface area (Å²) in [5.41, 5.74) is 0.367. The summed E-state index contributed by atoms with van der Waals surface area (Å²) in [7, 11) is -2.03. The summed E-state index contributed by atoms with van der Waals surface area (Å²) >= 11 is 0. The molecule has 0 radical (unpaired) electrons. The average molecular weight is 351 g/mol. The first-order valence-corrected chi connectivity index (χ1v) is 8.80. The normalized spacial score (nSPS) is 12.1. The van der Waals surface area contributed by atoms with E-state index in [0.29, 0.717) is 5.69 Å². The number of hydrogen-bond donors (Lipinski definition) is 1. The minimum atomic E-state index is -3.55. The number of anilines is 1. The van der Waals surface area contributed by atoms with Crippen LogP contribution in [0.15, 0.2) is 40.9 Å². The summed E-state index contributed by atoms with van der Waals surface area (Å²) in [6, 6.07) is 7.61. The third-order valence-electron chi connectivity index (χ3n) is 3.26. The highest BCUT2D eigenvalue weighted by molar-refractivity contribution is 7.89. The van der Waals surface area contributed by atoms with Crippen molar-refractivity contribution >= 4 is 21.7 Å². The minimum Gasteiger partial charge on any atom is -0.462 e. The standard InChI is InChI=1S/C16H21N3O4S/c1-5-23-16(20)13(10-17)11-18-14-6-8-15(9-7-14)24(21,22)19(4)12(2)3/h6-9,11-12,18H,5H2,1-4H3/b13-11+. The van der Waals surface area contributed by atoms with E-state index in [2.05, 4.69) is 5.32 Å². The number of nitriles is 1. The smallest absolute Gasteiger partial charge is 0.350 e. The van der Waals surface area contributed by atoms with Gasteiger partial charge in [-0.15, -0.1) is 0 Å². The largest absolute Gasteiger partial charge is 0.462 e. The third kappa shape index (κ3) is 4.81. The molecule has 1 aromatic carbocycles. The Labute approximate surface area is 142 Å². The van der Waals surface area contributed by atoms with Crippen LogP contribution in [0, 0.1) is 11.3 Å². The molecule has 0 aliphatic rings. The zero-order chi connectivity index (χ0) is 18.3. The van der Waals surface area contributed by atoms with Crippen molar-refractivity contribution in [2.24, 2.45) is 0 Å². The van der Waals surface area contributed by atoms with Crippen LogP contribution >= 0.6 is 0 Å². The van der Waals surface area contributed by atoms with Gasteiger partial charge in [-0.05, 0) is 45.0 Å². The Kier molecular flexibility index (Phi) is 6.95. The van der Waals surface area contributed by atoms with Crippen molar-refractivity contribution in [3.63, 3.8) is 0 Å². The van der Waals surface area contributed by atoms with E-state index in [0.717, 1.165) is 0 Å². The average Bonchev–Trinajstić information content (AvgIpc) is 2.55. The van der Waals surface area contributed by atoms with Gasteiger partial charge in [-0.3, -0.25) is 0 Å². The molecule has 1 N–H and O–H groups in total. The molecule has 0 aromatic heterocycles. The Morgan fingerprint density at radius 1 is 1.38 bits per heavy atom. The Balaban J connectivity index is 2.93. The van der Waals surface area contributed by atoms with E-state index in [1.807, 2.05) is 0 Å². The molecule has 24 heavy (non-hydrogen) atoms. The lowest BCUT2D eigenvalue weighted by Crippen LogP contribution is -2.32. The van der Waals surface area contributed by atoms with Crippen molar-refractivity contribution in [2.75, 3.05) is 19.0 Å². The SMILES string of the molecule is CCOC(=O)/C(C#N)=C/Nc1ccc(S(=O)(=O)N(C)C(C)C)cc1. The van der Waals surface area contributed by atoms with Crippen molar-refractivity contribution in [3.8, 4) is 6.07 Å². The van der Waals surface area contributed by atoms with Crippen molar-refractivity contribution in [1.82, 2.24) is 4.31 Å². The van der Waals surface area contributed by atoms with Gasteiger partial charge in [-0.25, -0.2) is 13.2 Å². The lowest BCUT2D eigenvalue weighted by atomic mass is 10.3. The van der Waals surface area contributed by atoms with Crippen LogP contribution in [0.25, 0.3) is 0 Å². The molecule has 0 amide bonds. The molecule has 1 rings (SSSR count). The van der Waals surface area contributed by atoms with E-state index < -0.39 is 16.0 Å². The van der Waals surface area contributed by atoms with Gasteiger partial charge in [0.15, 0.2) is 5.57 Å². The van der Waals surface area contributed by atoms with E-state index in [1.54, 1.807) is 39.0 Å². The first kappa shape index (κ1) is 19.7. The predicted octanol–water partition coefficient (Wildman–Crippen LogP) is 2.10. The van der Waals surface area contributed by atoms with E-state index in [4.69, 9.17) is 10.00 Å². The number of benzene rings is 1. The molecule has 0 bridgehead atoms. The highest BCUT2D eigenvalue weighted by Gasteiger charge is 2.22. The molecular weight excluding hydrogens is 330 g/mol. The van der Waals surface area contributed by atoms with Crippen molar-refractivity contribution < 1.29 is 17.9 Å². The van der Waals surface area contributed by atoms with Crippen molar-refractivity contribution in [1.29, 1.82) is 5.26 Å². The second-order valence-electron chi connectivity index (χ2n) is 5.17. The van der Waals surface area contributed by atoms with E-state index >= 15 is 0 Å². The van der Waals surface area contributed by atoms with Crippen LogP contribution < -0.4 is 5.32 Å². The zero-order valence-electron chi connectivity index (χ0n) is 14.1. The van der Waals surface area contributed by atoms with Gasteiger partial charge in [0.2, 0.25) is 10.0 Å². The van der Waals surface area contributed by atoms with Gasteiger partial charge >= 0.3 is 5.97 Å². The maximum atomic E-state index is 12.3. The minimum absolute atomic E-state index is 0.154. The number of carbonyl (C=O) groups is 1. The fraction of sp³-hybridized carbons (Fsp3) is 0.375. The summed E-state index contributed by atoms with van der Waals surface area (Å²) in [6.07, 6.45) is 1.22. The highest BCUT2D eigenvalue weighted by Crippen LogP contribution is 2.19. The fourth-order valence-electron chi connectivity index (χ4n) is 1.67. The quantitative estimate of drug-likeness (QED) is 0.459. The molecule has 0 atom stereocenters. The molecule has 1 aromatic rings. The topological polar surface area (TPSA) is 99.5 Å². The molecule has 0 aliphatic heterocycles. The lowest BCUT2D eigenvalue weighted by Gasteiger charge is -2.21. The Morgan fingerprint density at radius 2 is 1.96 bits per heavy atom. The van der Waals surface area contributed by atoms with Gasteiger partial charge in [0.05, 0.1) is 11.5 Å². The number of sulfonamides is 1. The lowest BCUT2D eigenvalue weighted by molar-refractivity contribution is -0.138. The van der Waals surface area contributed by atoms with Crippen LogP contribution in [0.4, 0.5) is 5.69 Å². The van der Waals surface area contributed by atoms with Crippen LogP contribution in [-0.2, 0) is 19.6 Å². The number of esters is 1.